The van der Waals surface area contributed by atoms with Gasteiger partial charge in [0.25, 0.3) is 5.91 Å². The zero-order valence-corrected chi connectivity index (χ0v) is 13.8. The molecule has 6 heteroatoms. The van der Waals surface area contributed by atoms with E-state index >= 15 is 0 Å². The lowest BCUT2D eigenvalue weighted by atomic mass is 10.1. The zero-order chi connectivity index (χ0) is 17.5. The SMILES string of the molecule is CCOC(=O)c1ccc(C(=O)NCC(=O)c2ccc(Cl)cc2)cc1. The maximum absolute atomic E-state index is 12.0. The number of rotatable bonds is 6. The molecule has 2 rings (SSSR count). The third-order valence-electron chi connectivity index (χ3n) is 3.23. The number of ether oxygens (including phenoxy) is 1. The van der Waals surface area contributed by atoms with Crippen LogP contribution in [0.25, 0.3) is 0 Å². The van der Waals surface area contributed by atoms with Gasteiger partial charge >= 0.3 is 5.97 Å². The Morgan fingerprint density at radius 2 is 1.46 bits per heavy atom. The molecule has 1 N–H and O–H groups in total. The summed E-state index contributed by atoms with van der Waals surface area (Å²) in [5.74, 6) is -1.06. The highest BCUT2D eigenvalue weighted by Gasteiger charge is 2.11. The maximum atomic E-state index is 12.0. The molecule has 0 aliphatic heterocycles. The second-order valence-electron chi connectivity index (χ2n) is 4.91. The van der Waals surface area contributed by atoms with Crippen LogP contribution in [0.5, 0.6) is 0 Å². The van der Waals surface area contributed by atoms with Crippen LogP contribution in [0.4, 0.5) is 0 Å². The minimum Gasteiger partial charge on any atom is -0.462 e. The van der Waals surface area contributed by atoms with Gasteiger partial charge in [0.2, 0.25) is 0 Å². The number of hydrogen-bond acceptors (Lipinski definition) is 4. The molecule has 0 heterocycles. The molecule has 24 heavy (non-hydrogen) atoms. The van der Waals surface area contributed by atoms with E-state index in [1.54, 1.807) is 31.2 Å². The second-order valence-corrected chi connectivity index (χ2v) is 5.35. The molecule has 0 saturated carbocycles. The molecule has 2 aromatic carbocycles. The summed E-state index contributed by atoms with van der Waals surface area (Å²) in [7, 11) is 0. The van der Waals surface area contributed by atoms with E-state index in [1.807, 2.05) is 0 Å². The van der Waals surface area contributed by atoms with Crippen molar-refractivity contribution in [3.8, 4) is 0 Å². The average Bonchev–Trinajstić information content (AvgIpc) is 2.60. The third-order valence-corrected chi connectivity index (χ3v) is 3.49. The van der Waals surface area contributed by atoms with Crippen molar-refractivity contribution in [1.82, 2.24) is 5.32 Å². The predicted molar refractivity (Wildman–Crippen MR) is 90.5 cm³/mol. The first-order chi connectivity index (χ1) is 11.5. The van der Waals surface area contributed by atoms with E-state index in [9.17, 15) is 14.4 Å². The van der Waals surface area contributed by atoms with E-state index in [0.29, 0.717) is 21.7 Å². The second kappa shape index (κ2) is 8.26. The molecule has 0 aliphatic rings. The summed E-state index contributed by atoms with van der Waals surface area (Å²) in [5.41, 5.74) is 1.19. The van der Waals surface area contributed by atoms with Crippen LogP contribution in [0.2, 0.25) is 5.02 Å². The Morgan fingerprint density at radius 1 is 0.917 bits per heavy atom. The van der Waals surface area contributed by atoms with Crippen LogP contribution in [0.3, 0.4) is 0 Å². The van der Waals surface area contributed by atoms with Gasteiger partial charge in [-0.25, -0.2) is 4.79 Å². The Balaban J connectivity index is 1.93. The molecule has 0 aliphatic carbocycles. The van der Waals surface area contributed by atoms with Crippen molar-refractivity contribution >= 4 is 29.3 Å². The lowest BCUT2D eigenvalue weighted by Crippen LogP contribution is -2.29. The normalized spacial score (nSPS) is 10.1. The van der Waals surface area contributed by atoms with Crippen molar-refractivity contribution in [2.75, 3.05) is 13.2 Å². The Morgan fingerprint density at radius 3 is 2.04 bits per heavy atom. The van der Waals surface area contributed by atoms with Gasteiger partial charge in [-0.05, 0) is 55.5 Å². The molecule has 0 saturated heterocycles. The molecule has 5 nitrogen and oxygen atoms in total. The molecule has 124 valence electrons. The Bertz CT molecular complexity index is 739. The fourth-order valence-corrected chi connectivity index (χ4v) is 2.10. The molecular formula is C18H16ClNO4. The number of nitrogens with one attached hydrogen (secondary N) is 1. The summed E-state index contributed by atoms with van der Waals surface area (Å²) in [6.07, 6.45) is 0. The van der Waals surface area contributed by atoms with Gasteiger partial charge in [-0.2, -0.15) is 0 Å². The predicted octanol–water partition coefficient (Wildman–Crippen LogP) is 3.13. The molecule has 0 spiro atoms. The lowest BCUT2D eigenvalue weighted by molar-refractivity contribution is 0.0526. The fraction of sp³-hybridized carbons (Fsp3) is 0.167. The van der Waals surface area contributed by atoms with Gasteiger partial charge in [-0.1, -0.05) is 11.6 Å². The summed E-state index contributed by atoms with van der Waals surface area (Å²) in [4.78, 5) is 35.6. The number of amides is 1. The van der Waals surface area contributed by atoms with Crippen molar-refractivity contribution in [2.24, 2.45) is 0 Å². The highest BCUT2D eigenvalue weighted by atomic mass is 35.5. The quantitative estimate of drug-likeness (QED) is 0.645. The number of hydrogen-bond donors (Lipinski definition) is 1. The number of carbonyl (C=O) groups excluding carboxylic acids is 3. The number of halogens is 1. The number of carbonyl (C=O) groups is 3. The minimum atomic E-state index is -0.442. The van der Waals surface area contributed by atoms with Gasteiger partial charge in [-0.3, -0.25) is 9.59 Å². The van der Waals surface area contributed by atoms with E-state index in [-0.39, 0.29) is 18.9 Å². The summed E-state index contributed by atoms with van der Waals surface area (Å²) < 4.78 is 4.87. The van der Waals surface area contributed by atoms with Gasteiger partial charge < -0.3 is 10.1 Å². The van der Waals surface area contributed by atoms with Gasteiger partial charge in [-0.15, -0.1) is 0 Å². The Hall–Kier alpha value is -2.66. The highest BCUT2D eigenvalue weighted by Crippen LogP contribution is 2.10. The molecule has 0 fully saturated rings. The van der Waals surface area contributed by atoms with Crippen LogP contribution in [-0.4, -0.2) is 30.8 Å². The van der Waals surface area contributed by atoms with Gasteiger partial charge in [0.15, 0.2) is 5.78 Å². The summed E-state index contributed by atoms with van der Waals surface area (Å²) in [6, 6.07) is 12.5. The first kappa shape index (κ1) is 17.7. The largest absolute Gasteiger partial charge is 0.462 e. The van der Waals surface area contributed by atoms with Crippen molar-refractivity contribution in [1.29, 1.82) is 0 Å². The molecule has 0 atom stereocenters. The van der Waals surface area contributed by atoms with Crippen LogP contribution in [0.1, 0.15) is 38.0 Å². The van der Waals surface area contributed by atoms with Gasteiger partial charge in [0, 0.05) is 16.1 Å². The van der Waals surface area contributed by atoms with Gasteiger partial charge in [0.1, 0.15) is 0 Å². The molecule has 1 amide bonds. The third kappa shape index (κ3) is 4.67. The molecular weight excluding hydrogens is 330 g/mol. The highest BCUT2D eigenvalue weighted by molar-refractivity contribution is 6.30. The molecule has 2 aromatic rings. The number of Topliss-reactive ketones (excluding diaryl/α,β-unsaturated/α-hetero) is 1. The standard InChI is InChI=1S/C18H16ClNO4/c1-2-24-18(23)14-5-3-13(4-6-14)17(22)20-11-16(21)12-7-9-15(19)10-8-12/h3-10H,2,11H2,1H3,(H,20,22). The van der Waals surface area contributed by atoms with Crippen molar-refractivity contribution in [3.63, 3.8) is 0 Å². The van der Waals surface area contributed by atoms with Crippen molar-refractivity contribution in [2.45, 2.75) is 6.92 Å². The Kier molecular flexibility index (Phi) is 6.09. The van der Waals surface area contributed by atoms with Gasteiger partial charge in [0.05, 0.1) is 18.7 Å². The molecule has 0 aromatic heterocycles. The van der Waals surface area contributed by atoms with Crippen LogP contribution in [-0.2, 0) is 4.74 Å². The number of benzene rings is 2. The zero-order valence-electron chi connectivity index (χ0n) is 13.0. The smallest absolute Gasteiger partial charge is 0.338 e. The van der Waals surface area contributed by atoms with E-state index in [4.69, 9.17) is 16.3 Å². The van der Waals surface area contributed by atoms with Crippen LogP contribution < -0.4 is 5.32 Å². The van der Waals surface area contributed by atoms with E-state index in [2.05, 4.69) is 5.32 Å². The van der Waals surface area contributed by atoms with Crippen LogP contribution in [0.15, 0.2) is 48.5 Å². The number of ketones is 1. The summed E-state index contributed by atoms with van der Waals surface area (Å²) >= 11 is 5.76. The topological polar surface area (TPSA) is 72.5 Å². The summed E-state index contributed by atoms with van der Waals surface area (Å²) in [6.45, 7) is 1.88. The lowest BCUT2D eigenvalue weighted by Gasteiger charge is -2.06. The van der Waals surface area contributed by atoms with E-state index in [0.717, 1.165) is 0 Å². The van der Waals surface area contributed by atoms with Crippen LogP contribution in [0, 0.1) is 0 Å². The monoisotopic (exact) mass is 345 g/mol. The molecule has 0 radical (unpaired) electrons. The maximum Gasteiger partial charge on any atom is 0.338 e. The first-order valence-electron chi connectivity index (χ1n) is 7.35. The minimum absolute atomic E-state index is 0.125. The fourth-order valence-electron chi connectivity index (χ4n) is 1.97. The molecule has 0 bridgehead atoms. The molecule has 0 unspecified atom stereocenters. The number of esters is 1. The van der Waals surface area contributed by atoms with Crippen molar-refractivity contribution in [3.05, 3.63) is 70.2 Å². The van der Waals surface area contributed by atoms with Crippen LogP contribution >= 0.6 is 11.6 Å². The van der Waals surface area contributed by atoms with E-state index in [1.165, 1.54) is 24.3 Å². The van der Waals surface area contributed by atoms with Crippen molar-refractivity contribution < 1.29 is 19.1 Å². The van der Waals surface area contributed by atoms with E-state index < -0.39 is 11.9 Å². The first-order valence-corrected chi connectivity index (χ1v) is 7.73. The Labute approximate surface area is 144 Å². The summed E-state index contributed by atoms with van der Waals surface area (Å²) in [5, 5.41) is 3.09. The average molecular weight is 346 g/mol.